The molecule has 5 nitrogen and oxygen atoms in total. The summed E-state index contributed by atoms with van der Waals surface area (Å²) in [6, 6.07) is 6.61. The molecule has 1 aromatic carbocycles. The number of thiocarbonyl (C=S) groups is 1. The highest BCUT2D eigenvalue weighted by Gasteiger charge is 2.38. The zero-order valence-corrected chi connectivity index (χ0v) is 18.6. The minimum atomic E-state index is -0.358. The Bertz CT molecular complexity index is 862. The minimum absolute atomic E-state index is 0.0803. The maximum Gasteiger partial charge on any atom is 0.265 e. The minimum Gasteiger partial charge on any atom is -0.364 e. The molecule has 0 radical (unpaired) electrons. The molecule has 2 amide bonds. The van der Waals surface area contributed by atoms with Crippen LogP contribution in [0.4, 0.5) is 5.69 Å². The summed E-state index contributed by atoms with van der Waals surface area (Å²) in [4.78, 5) is 30.3. The number of carbonyl (C=O) groups excluding carboxylic acids is 2. The van der Waals surface area contributed by atoms with Crippen LogP contribution in [0.2, 0.25) is 0 Å². The van der Waals surface area contributed by atoms with Crippen molar-refractivity contribution in [1.82, 2.24) is 9.80 Å². The van der Waals surface area contributed by atoms with E-state index in [0.717, 1.165) is 12.0 Å². The molecule has 1 saturated heterocycles. The van der Waals surface area contributed by atoms with Gasteiger partial charge in [0.25, 0.3) is 11.8 Å². The first kappa shape index (κ1) is 20.5. The van der Waals surface area contributed by atoms with E-state index in [1.54, 1.807) is 20.2 Å². The van der Waals surface area contributed by atoms with Gasteiger partial charge < -0.3 is 4.90 Å². The first-order chi connectivity index (χ1) is 13.0. The normalized spacial score (nSPS) is 22.1. The lowest BCUT2D eigenvalue weighted by Crippen LogP contribution is -2.52. The van der Waals surface area contributed by atoms with Crippen molar-refractivity contribution < 1.29 is 9.59 Å². The second-order valence-corrected chi connectivity index (χ2v) is 9.13. The van der Waals surface area contributed by atoms with Crippen LogP contribution < -0.4 is 4.90 Å². The SMILES string of the molecule is CC(C)N1c2ccc(C=C3C(=O)N(C)C(=S)N(C)C3=O)cc2[C@H](C)CC1(C)C. The molecule has 0 aromatic heterocycles. The molecule has 2 aliphatic rings. The van der Waals surface area contributed by atoms with E-state index in [0.29, 0.717) is 12.0 Å². The third kappa shape index (κ3) is 3.24. The van der Waals surface area contributed by atoms with Crippen LogP contribution in [0.25, 0.3) is 6.08 Å². The monoisotopic (exact) mass is 399 g/mol. The highest BCUT2D eigenvalue weighted by Crippen LogP contribution is 2.44. The van der Waals surface area contributed by atoms with Crippen molar-refractivity contribution in [3.63, 3.8) is 0 Å². The first-order valence-corrected chi connectivity index (χ1v) is 10.1. The van der Waals surface area contributed by atoms with E-state index in [2.05, 4.69) is 51.7 Å². The average molecular weight is 400 g/mol. The molecule has 0 bridgehead atoms. The van der Waals surface area contributed by atoms with Crippen molar-refractivity contribution in [2.24, 2.45) is 0 Å². The van der Waals surface area contributed by atoms with Crippen LogP contribution in [0, 0.1) is 0 Å². The molecule has 0 aliphatic carbocycles. The van der Waals surface area contributed by atoms with Gasteiger partial charge in [0.1, 0.15) is 5.57 Å². The van der Waals surface area contributed by atoms with Crippen molar-refractivity contribution in [3.8, 4) is 0 Å². The Labute approximate surface area is 173 Å². The molecule has 150 valence electrons. The zero-order chi connectivity index (χ0) is 21.0. The lowest BCUT2D eigenvalue weighted by molar-refractivity contribution is -0.132. The molecule has 1 fully saturated rings. The third-order valence-corrected chi connectivity index (χ3v) is 6.32. The van der Waals surface area contributed by atoms with Gasteiger partial charge in [0, 0.05) is 31.4 Å². The standard InChI is InChI=1S/C22H29N3O2S/c1-13(2)25-18-9-8-15(10-16(18)14(3)12-22(25,4)5)11-17-19(26)23(6)21(28)24(7)20(17)27/h8-11,13-14H,12H2,1-7H3/t14-/m1/s1. The molecule has 28 heavy (non-hydrogen) atoms. The van der Waals surface area contributed by atoms with Crippen molar-refractivity contribution in [2.45, 2.75) is 58.5 Å². The number of hydrogen-bond donors (Lipinski definition) is 0. The summed E-state index contributed by atoms with van der Waals surface area (Å²) in [5, 5.41) is 0.223. The fourth-order valence-corrected chi connectivity index (χ4v) is 4.85. The number of nitrogens with zero attached hydrogens (tertiary/aromatic N) is 3. The van der Waals surface area contributed by atoms with E-state index in [1.165, 1.54) is 21.1 Å². The molecule has 2 aliphatic heterocycles. The zero-order valence-electron chi connectivity index (χ0n) is 17.7. The summed E-state index contributed by atoms with van der Waals surface area (Å²) in [5.41, 5.74) is 3.58. The summed E-state index contributed by atoms with van der Waals surface area (Å²) in [5.74, 6) is -0.318. The summed E-state index contributed by atoms with van der Waals surface area (Å²) >= 11 is 5.15. The summed E-state index contributed by atoms with van der Waals surface area (Å²) in [6.45, 7) is 11.2. The quantitative estimate of drug-likeness (QED) is 0.431. The fraction of sp³-hybridized carbons (Fsp3) is 0.500. The van der Waals surface area contributed by atoms with Crippen LogP contribution in [0.5, 0.6) is 0 Å². The molecule has 1 atom stereocenters. The molecule has 0 spiro atoms. The van der Waals surface area contributed by atoms with E-state index >= 15 is 0 Å². The Hall–Kier alpha value is -2.21. The van der Waals surface area contributed by atoms with Gasteiger partial charge in [0.05, 0.1) is 0 Å². The van der Waals surface area contributed by atoms with Gasteiger partial charge in [-0.25, -0.2) is 0 Å². The first-order valence-electron chi connectivity index (χ1n) is 9.70. The van der Waals surface area contributed by atoms with Crippen molar-refractivity contribution in [2.75, 3.05) is 19.0 Å². The molecule has 6 heteroatoms. The molecular formula is C22H29N3O2S. The van der Waals surface area contributed by atoms with Gasteiger partial charge in [-0.2, -0.15) is 0 Å². The van der Waals surface area contributed by atoms with Crippen LogP contribution >= 0.6 is 12.2 Å². The molecule has 3 rings (SSSR count). The average Bonchev–Trinajstić information content (AvgIpc) is 2.61. The Morgan fingerprint density at radius 2 is 1.71 bits per heavy atom. The van der Waals surface area contributed by atoms with Crippen LogP contribution in [0.15, 0.2) is 23.8 Å². The summed E-state index contributed by atoms with van der Waals surface area (Å²) in [7, 11) is 3.19. The van der Waals surface area contributed by atoms with Crippen molar-refractivity contribution in [1.29, 1.82) is 0 Å². The molecular weight excluding hydrogens is 370 g/mol. The Morgan fingerprint density at radius 3 is 2.25 bits per heavy atom. The number of anilines is 1. The molecule has 2 heterocycles. The van der Waals surface area contributed by atoms with Gasteiger partial charge in [-0.3, -0.25) is 19.4 Å². The van der Waals surface area contributed by atoms with Gasteiger partial charge in [-0.1, -0.05) is 13.0 Å². The number of likely N-dealkylation sites (N-methyl/N-ethyl adjacent to an activating group) is 2. The van der Waals surface area contributed by atoms with Crippen molar-refractivity contribution in [3.05, 3.63) is 34.9 Å². The number of rotatable bonds is 2. The second kappa shape index (κ2) is 6.99. The van der Waals surface area contributed by atoms with Crippen LogP contribution in [-0.2, 0) is 9.59 Å². The van der Waals surface area contributed by atoms with E-state index in [-0.39, 0.29) is 28.0 Å². The maximum absolute atomic E-state index is 12.6. The topological polar surface area (TPSA) is 43.9 Å². The van der Waals surface area contributed by atoms with Crippen LogP contribution in [0.3, 0.4) is 0 Å². The van der Waals surface area contributed by atoms with E-state index in [9.17, 15) is 9.59 Å². The van der Waals surface area contributed by atoms with Gasteiger partial charge >= 0.3 is 0 Å². The van der Waals surface area contributed by atoms with Gasteiger partial charge in [0.15, 0.2) is 5.11 Å². The van der Waals surface area contributed by atoms with Gasteiger partial charge in [-0.15, -0.1) is 0 Å². The number of amides is 2. The van der Waals surface area contributed by atoms with E-state index in [4.69, 9.17) is 12.2 Å². The Morgan fingerprint density at radius 1 is 1.14 bits per heavy atom. The third-order valence-electron chi connectivity index (χ3n) is 5.77. The largest absolute Gasteiger partial charge is 0.364 e. The second-order valence-electron chi connectivity index (χ2n) is 8.77. The van der Waals surface area contributed by atoms with Crippen LogP contribution in [0.1, 0.15) is 58.1 Å². The Kier molecular flexibility index (Phi) is 5.13. The lowest BCUT2D eigenvalue weighted by Gasteiger charge is -2.50. The summed E-state index contributed by atoms with van der Waals surface area (Å²) in [6.07, 6.45) is 2.74. The number of carbonyl (C=O) groups is 2. The van der Waals surface area contributed by atoms with E-state index < -0.39 is 0 Å². The number of fused-ring (bicyclic) bond motifs is 1. The predicted octanol–water partition coefficient (Wildman–Crippen LogP) is 3.79. The van der Waals surface area contributed by atoms with E-state index in [1.807, 2.05) is 6.07 Å². The number of hydrogen-bond acceptors (Lipinski definition) is 4. The van der Waals surface area contributed by atoms with Gasteiger partial charge in [0.2, 0.25) is 0 Å². The number of benzene rings is 1. The van der Waals surface area contributed by atoms with Gasteiger partial charge in [-0.05, 0) is 81.6 Å². The molecule has 0 N–H and O–H groups in total. The smallest absolute Gasteiger partial charge is 0.265 e. The predicted molar refractivity (Wildman–Crippen MR) is 117 cm³/mol. The molecule has 1 aromatic rings. The highest BCUT2D eigenvalue weighted by molar-refractivity contribution is 7.80. The molecule has 0 saturated carbocycles. The Balaban J connectivity index is 2.06. The highest BCUT2D eigenvalue weighted by atomic mass is 32.1. The molecule has 0 unspecified atom stereocenters. The summed E-state index contributed by atoms with van der Waals surface area (Å²) < 4.78 is 0. The van der Waals surface area contributed by atoms with Crippen LogP contribution in [-0.4, -0.2) is 52.4 Å². The van der Waals surface area contributed by atoms with Crippen molar-refractivity contribution >= 4 is 40.9 Å². The fourth-order valence-electron chi connectivity index (χ4n) is 4.68. The maximum atomic E-state index is 12.6. The lowest BCUT2D eigenvalue weighted by atomic mass is 9.78.